The van der Waals surface area contributed by atoms with E-state index in [1.54, 1.807) is 4.90 Å². The molecule has 0 spiro atoms. The lowest BCUT2D eigenvalue weighted by Gasteiger charge is -2.39. The number of piperazine rings is 1. The highest BCUT2D eigenvalue weighted by atomic mass is 35.5. The molecule has 0 bridgehead atoms. The average Bonchev–Trinajstić information content (AvgIpc) is 2.65. The van der Waals surface area contributed by atoms with E-state index < -0.39 is 5.60 Å². The Balaban J connectivity index is 1.48. The van der Waals surface area contributed by atoms with Gasteiger partial charge in [-0.15, -0.1) is 0 Å². The molecule has 2 aliphatic rings. The van der Waals surface area contributed by atoms with E-state index in [-0.39, 0.29) is 23.2 Å². The van der Waals surface area contributed by atoms with Crippen molar-refractivity contribution in [2.24, 2.45) is 5.92 Å². The number of piperidine rings is 1. The first-order chi connectivity index (χ1) is 13.6. The molecule has 2 amide bonds. The Labute approximate surface area is 177 Å². The van der Waals surface area contributed by atoms with E-state index in [2.05, 4.69) is 14.9 Å². The number of anilines is 1. The Hall–Kier alpha value is -2.09. The summed E-state index contributed by atoms with van der Waals surface area (Å²) in [6, 6.07) is 1.92. The van der Waals surface area contributed by atoms with Gasteiger partial charge in [-0.25, -0.2) is 14.8 Å². The number of aromatic nitrogens is 2. The topological polar surface area (TPSA) is 78.9 Å². The van der Waals surface area contributed by atoms with Crippen molar-refractivity contribution in [2.45, 2.75) is 46.1 Å². The standard InChI is InChI=1S/C20H30ClN5O3/c1-14-13-16(23-18(21)22-14)24-7-5-15(6-8-24)17(27)25-9-11-26(12-10-25)19(28)29-20(2,3)4/h13,15H,5-12H2,1-4H3. The summed E-state index contributed by atoms with van der Waals surface area (Å²) in [5.41, 5.74) is 0.325. The van der Waals surface area contributed by atoms with Gasteiger partial charge >= 0.3 is 6.09 Å². The predicted molar refractivity (Wildman–Crippen MR) is 111 cm³/mol. The van der Waals surface area contributed by atoms with Crippen molar-refractivity contribution in [3.8, 4) is 0 Å². The maximum absolute atomic E-state index is 12.9. The fourth-order valence-corrected chi connectivity index (χ4v) is 3.95. The van der Waals surface area contributed by atoms with Crippen LogP contribution in [-0.2, 0) is 9.53 Å². The van der Waals surface area contributed by atoms with Crippen molar-refractivity contribution in [1.29, 1.82) is 0 Å². The molecule has 3 heterocycles. The van der Waals surface area contributed by atoms with Crippen LogP contribution < -0.4 is 4.90 Å². The van der Waals surface area contributed by atoms with Crippen molar-refractivity contribution in [1.82, 2.24) is 19.8 Å². The lowest BCUT2D eigenvalue weighted by molar-refractivity contribution is -0.138. The number of amides is 2. The van der Waals surface area contributed by atoms with Crippen molar-refractivity contribution < 1.29 is 14.3 Å². The minimum atomic E-state index is -0.509. The number of carbonyl (C=O) groups excluding carboxylic acids is 2. The van der Waals surface area contributed by atoms with E-state index in [1.807, 2.05) is 38.7 Å². The third-order valence-corrected chi connectivity index (χ3v) is 5.39. The van der Waals surface area contributed by atoms with Crippen LogP contribution in [0.1, 0.15) is 39.3 Å². The Morgan fingerprint density at radius 2 is 1.62 bits per heavy atom. The summed E-state index contributed by atoms with van der Waals surface area (Å²) in [6.07, 6.45) is 1.26. The fraction of sp³-hybridized carbons (Fsp3) is 0.700. The number of hydrogen-bond donors (Lipinski definition) is 0. The summed E-state index contributed by atoms with van der Waals surface area (Å²) in [5.74, 6) is 1.02. The summed E-state index contributed by atoms with van der Waals surface area (Å²) >= 11 is 5.97. The summed E-state index contributed by atoms with van der Waals surface area (Å²) < 4.78 is 5.42. The highest BCUT2D eigenvalue weighted by molar-refractivity contribution is 6.28. The van der Waals surface area contributed by atoms with Crippen LogP contribution >= 0.6 is 11.6 Å². The first-order valence-corrected chi connectivity index (χ1v) is 10.5. The van der Waals surface area contributed by atoms with Gasteiger partial charge in [-0.05, 0) is 52.1 Å². The second-order valence-electron chi connectivity index (χ2n) is 8.69. The van der Waals surface area contributed by atoms with Crippen molar-refractivity contribution >= 4 is 29.4 Å². The molecule has 0 aliphatic carbocycles. The Kier molecular flexibility index (Phi) is 6.51. The van der Waals surface area contributed by atoms with Crippen molar-refractivity contribution in [3.63, 3.8) is 0 Å². The normalized spacial score (nSPS) is 18.7. The van der Waals surface area contributed by atoms with E-state index in [9.17, 15) is 9.59 Å². The zero-order valence-electron chi connectivity index (χ0n) is 17.7. The van der Waals surface area contributed by atoms with Crippen LogP contribution in [0.25, 0.3) is 0 Å². The lowest BCUT2D eigenvalue weighted by Crippen LogP contribution is -2.53. The van der Waals surface area contributed by atoms with Gasteiger partial charge in [0.15, 0.2) is 0 Å². The molecule has 0 unspecified atom stereocenters. The number of ether oxygens (including phenoxy) is 1. The molecule has 9 heteroatoms. The van der Waals surface area contributed by atoms with Gasteiger partial charge in [0, 0.05) is 56.9 Å². The molecule has 8 nitrogen and oxygen atoms in total. The van der Waals surface area contributed by atoms with E-state index in [1.165, 1.54) is 0 Å². The number of aryl methyl sites for hydroxylation is 1. The fourth-order valence-electron chi connectivity index (χ4n) is 3.73. The van der Waals surface area contributed by atoms with Crippen LogP contribution in [0, 0.1) is 12.8 Å². The van der Waals surface area contributed by atoms with Crippen LogP contribution in [0.5, 0.6) is 0 Å². The molecule has 0 saturated carbocycles. The van der Waals surface area contributed by atoms with Gasteiger partial charge in [-0.1, -0.05) is 0 Å². The summed E-state index contributed by atoms with van der Waals surface area (Å²) in [7, 11) is 0. The zero-order chi connectivity index (χ0) is 21.2. The van der Waals surface area contributed by atoms with Crippen molar-refractivity contribution in [3.05, 3.63) is 17.0 Å². The summed E-state index contributed by atoms with van der Waals surface area (Å²) in [6.45, 7) is 11.1. The first-order valence-electron chi connectivity index (χ1n) is 10.2. The van der Waals surface area contributed by atoms with Gasteiger partial charge in [-0.3, -0.25) is 4.79 Å². The third kappa shape index (κ3) is 5.72. The SMILES string of the molecule is Cc1cc(N2CCC(C(=O)N3CCN(C(=O)OC(C)(C)C)CC3)CC2)nc(Cl)n1. The van der Waals surface area contributed by atoms with Gasteiger partial charge in [-0.2, -0.15) is 0 Å². The molecule has 1 aromatic rings. The first kappa shape index (κ1) is 21.6. The number of hydrogen-bond acceptors (Lipinski definition) is 6. The molecular formula is C20H30ClN5O3. The molecule has 1 aromatic heterocycles. The minimum absolute atomic E-state index is 0.0118. The Bertz CT molecular complexity index is 731. The predicted octanol–water partition coefficient (Wildman–Crippen LogP) is 2.73. The molecule has 3 rings (SSSR count). The molecule has 2 saturated heterocycles. The maximum Gasteiger partial charge on any atom is 0.410 e. The molecule has 29 heavy (non-hydrogen) atoms. The maximum atomic E-state index is 12.9. The van der Waals surface area contributed by atoms with Gasteiger partial charge in [0.1, 0.15) is 11.4 Å². The van der Waals surface area contributed by atoms with Gasteiger partial charge in [0.05, 0.1) is 0 Å². The van der Waals surface area contributed by atoms with E-state index in [4.69, 9.17) is 16.3 Å². The molecule has 0 N–H and O–H groups in total. The number of rotatable bonds is 2. The van der Waals surface area contributed by atoms with Crippen LogP contribution in [0.2, 0.25) is 5.28 Å². The second-order valence-corrected chi connectivity index (χ2v) is 9.03. The van der Waals surface area contributed by atoms with E-state index in [0.717, 1.165) is 37.4 Å². The van der Waals surface area contributed by atoms with Crippen molar-refractivity contribution in [2.75, 3.05) is 44.2 Å². The van der Waals surface area contributed by atoms with Gasteiger partial charge < -0.3 is 19.4 Å². The van der Waals surface area contributed by atoms with Crippen LogP contribution in [0.4, 0.5) is 10.6 Å². The molecule has 0 aromatic carbocycles. The highest BCUT2D eigenvalue weighted by Crippen LogP contribution is 2.25. The van der Waals surface area contributed by atoms with E-state index in [0.29, 0.717) is 26.2 Å². The van der Waals surface area contributed by atoms with Crippen LogP contribution in [0.3, 0.4) is 0 Å². The van der Waals surface area contributed by atoms with Gasteiger partial charge in [0.25, 0.3) is 0 Å². The summed E-state index contributed by atoms with van der Waals surface area (Å²) in [5, 5.41) is 0.251. The number of carbonyl (C=O) groups is 2. The molecule has 0 atom stereocenters. The Morgan fingerprint density at radius 1 is 1.03 bits per heavy atom. The average molecular weight is 424 g/mol. The molecular weight excluding hydrogens is 394 g/mol. The largest absolute Gasteiger partial charge is 0.444 e. The Morgan fingerprint density at radius 3 is 2.17 bits per heavy atom. The lowest BCUT2D eigenvalue weighted by atomic mass is 9.95. The summed E-state index contributed by atoms with van der Waals surface area (Å²) in [4.78, 5) is 39.2. The van der Waals surface area contributed by atoms with Crippen LogP contribution in [-0.4, -0.2) is 76.6 Å². The van der Waals surface area contributed by atoms with E-state index >= 15 is 0 Å². The second kappa shape index (κ2) is 8.73. The van der Waals surface area contributed by atoms with Gasteiger partial charge in [0.2, 0.25) is 11.2 Å². The van der Waals surface area contributed by atoms with Crippen LogP contribution in [0.15, 0.2) is 6.07 Å². The monoisotopic (exact) mass is 423 g/mol. The quantitative estimate of drug-likeness (QED) is 0.680. The third-order valence-electron chi connectivity index (χ3n) is 5.22. The molecule has 0 radical (unpaired) electrons. The smallest absolute Gasteiger partial charge is 0.410 e. The molecule has 2 fully saturated rings. The number of nitrogens with zero attached hydrogens (tertiary/aromatic N) is 5. The highest BCUT2D eigenvalue weighted by Gasteiger charge is 2.32. The minimum Gasteiger partial charge on any atom is -0.444 e. The molecule has 160 valence electrons. The molecule has 2 aliphatic heterocycles. The zero-order valence-corrected chi connectivity index (χ0v) is 18.4. The number of halogens is 1.